The quantitative estimate of drug-likeness (QED) is 0.666. The number of amides is 1. The minimum Gasteiger partial charge on any atom is -0.357 e. The maximum absolute atomic E-state index is 11.4. The summed E-state index contributed by atoms with van der Waals surface area (Å²) in [5.41, 5.74) is 2.24. The van der Waals surface area contributed by atoms with Gasteiger partial charge in [-0.3, -0.25) is 14.8 Å². The molecule has 23 heavy (non-hydrogen) atoms. The van der Waals surface area contributed by atoms with Gasteiger partial charge in [0.05, 0.1) is 0 Å². The Hall–Kier alpha value is -2.11. The van der Waals surface area contributed by atoms with Crippen LogP contribution in [0.5, 0.6) is 0 Å². The van der Waals surface area contributed by atoms with Crippen molar-refractivity contribution in [3.05, 3.63) is 29.6 Å². The molecule has 0 spiro atoms. The molecule has 6 nitrogen and oxygen atoms in total. The first kappa shape index (κ1) is 17.2. The number of rotatable bonds is 4. The zero-order valence-corrected chi connectivity index (χ0v) is 14.4. The number of hydrogen-bond acceptors (Lipinski definition) is 3. The van der Waals surface area contributed by atoms with E-state index in [4.69, 9.17) is 4.99 Å². The average Bonchev–Trinajstić information content (AvgIpc) is 2.56. The van der Waals surface area contributed by atoms with Crippen LogP contribution in [0.3, 0.4) is 0 Å². The maximum Gasteiger partial charge on any atom is 0.219 e. The van der Waals surface area contributed by atoms with Gasteiger partial charge < -0.3 is 15.1 Å². The molecule has 1 fully saturated rings. The van der Waals surface area contributed by atoms with Crippen molar-refractivity contribution in [2.45, 2.75) is 27.2 Å². The van der Waals surface area contributed by atoms with Gasteiger partial charge in [-0.1, -0.05) is 6.07 Å². The van der Waals surface area contributed by atoms with E-state index in [0.717, 1.165) is 57.3 Å². The largest absolute Gasteiger partial charge is 0.357 e. The van der Waals surface area contributed by atoms with Crippen LogP contribution in [-0.2, 0) is 11.2 Å². The molecule has 1 aromatic heterocycles. The Morgan fingerprint density at radius 2 is 1.96 bits per heavy atom. The van der Waals surface area contributed by atoms with Gasteiger partial charge in [-0.05, 0) is 31.9 Å². The zero-order chi connectivity index (χ0) is 16.7. The summed E-state index contributed by atoms with van der Waals surface area (Å²) in [5.74, 6) is 1.09. The van der Waals surface area contributed by atoms with Crippen molar-refractivity contribution in [1.82, 2.24) is 20.1 Å². The molecule has 1 amide bonds. The summed E-state index contributed by atoms with van der Waals surface area (Å²) in [7, 11) is 0. The fourth-order valence-corrected chi connectivity index (χ4v) is 2.60. The molecule has 1 aliphatic rings. The second-order valence-electron chi connectivity index (χ2n) is 5.79. The van der Waals surface area contributed by atoms with Crippen molar-refractivity contribution in [1.29, 1.82) is 0 Å². The van der Waals surface area contributed by atoms with E-state index in [1.807, 2.05) is 24.1 Å². The molecule has 0 aromatic carbocycles. The van der Waals surface area contributed by atoms with Crippen molar-refractivity contribution in [2.75, 3.05) is 39.3 Å². The molecular weight excluding hydrogens is 290 g/mol. The third kappa shape index (κ3) is 5.23. The topological polar surface area (TPSA) is 60.8 Å². The van der Waals surface area contributed by atoms with Crippen LogP contribution in [0, 0.1) is 6.92 Å². The molecular formula is C17H27N5O. The number of nitrogens with one attached hydrogen (secondary N) is 1. The summed E-state index contributed by atoms with van der Waals surface area (Å²) in [6.45, 7) is 10.5. The number of piperazine rings is 1. The minimum atomic E-state index is 0.151. The number of aromatic nitrogens is 1. The van der Waals surface area contributed by atoms with Gasteiger partial charge in [-0.25, -0.2) is 0 Å². The summed E-state index contributed by atoms with van der Waals surface area (Å²) in [4.78, 5) is 24.6. The lowest BCUT2D eigenvalue weighted by atomic mass is 10.2. The fraction of sp³-hybridized carbons (Fsp3) is 0.588. The van der Waals surface area contributed by atoms with Crippen LogP contribution >= 0.6 is 0 Å². The molecule has 1 N–H and O–H groups in total. The van der Waals surface area contributed by atoms with Gasteiger partial charge in [0.25, 0.3) is 0 Å². The third-order valence-electron chi connectivity index (χ3n) is 3.99. The smallest absolute Gasteiger partial charge is 0.219 e. The van der Waals surface area contributed by atoms with E-state index >= 15 is 0 Å². The van der Waals surface area contributed by atoms with Crippen molar-refractivity contribution in [3.8, 4) is 0 Å². The molecule has 6 heteroatoms. The van der Waals surface area contributed by atoms with E-state index in [0.29, 0.717) is 0 Å². The Bertz CT molecular complexity index is 532. The van der Waals surface area contributed by atoms with Crippen molar-refractivity contribution < 1.29 is 4.79 Å². The number of aliphatic imine (C=N–C) groups is 1. The Morgan fingerprint density at radius 1 is 1.26 bits per heavy atom. The van der Waals surface area contributed by atoms with Gasteiger partial charge in [-0.15, -0.1) is 0 Å². The predicted octanol–water partition coefficient (Wildman–Crippen LogP) is 1.06. The highest BCUT2D eigenvalue weighted by molar-refractivity contribution is 5.80. The summed E-state index contributed by atoms with van der Waals surface area (Å²) in [6.07, 6.45) is 2.80. The Kier molecular flexibility index (Phi) is 6.38. The zero-order valence-electron chi connectivity index (χ0n) is 14.4. The van der Waals surface area contributed by atoms with Crippen LogP contribution in [0.4, 0.5) is 0 Å². The van der Waals surface area contributed by atoms with E-state index in [-0.39, 0.29) is 5.91 Å². The third-order valence-corrected chi connectivity index (χ3v) is 3.99. The van der Waals surface area contributed by atoms with Gasteiger partial charge in [0.1, 0.15) is 0 Å². The second kappa shape index (κ2) is 8.50. The first-order chi connectivity index (χ1) is 11.1. The normalized spacial score (nSPS) is 15.7. The van der Waals surface area contributed by atoms with Gasteiger partial charge in [-0.2, -0.15) is 0 Å². The van der Waals surface area contributed by atoms with Gasteiger partial charge in [0.15, 0.2) is 5.96 Å². The molecule has 2 heterocycles. The van der Waals surface area contributed by atoms with Crippen LogP contribution in [0.15, 0.2) is 23.3 Å². The number of pyridine rings is 1. The minimum absolute atomic E-state index is 0.151. The van der Waals surface area contributed by atoms with Gasteiger partial charge in [0, 0.05) is 58.1 Å². The van der Waals surface area contributed by atoms with Crippen molar-refractivity contribution >= 4 is 11.9 Å². The number of nitrogens with zero attached hydrogens (tertiary/aromatic N) is 4. The molecule has 0 radical (unpaired) electrons. The second-order valence-corrected chi connectivity index (χ2v) is 5.79. The molecule has 1 aliphatic heterocycles. The lowest BCUT2D eigenvalue weighted by Crippen LogP contribution is -2.53. The van der Waals surface area contributed by atoms with Crippen LogP contribution in [0.1, 0.15) is 25.1 Å². The number of carbonyl (C=O) groups excluding carboxylic acids is 1. The highest BCUT2D eigenvalue weighted by atomic mass is 16.2. The van der Waals surface area contributed by atoms with E-state index in [1.54, 1.807) is 6.92 Å². The monoisotopic (exact) mass is 317 g/mol. The molecule has 0 unspecified atom stereocenters. The molecule has 0 atom stereocenters. The standard InChI is InChI=1S/C17H27N5O/c1-4-18-17(22-11-9-21(10-12-22)15(3)23)19-8-7-16-6-5-14(2)20-13-16/h5-6,13H,4,7-12H2,1-3H3,(H,18,19). The van der Waals surface area contributed by atoms with Crippen LogP contribution in [-0.4, -0.2) is 65.9 Å². The Labute approximate surface area is 138 Å². The molecule has 1 aromatic rings. The van der Waals surface area contributed by atoms with Crippen LogP contribution in [0.25, 0.3) is 0 Å². The Morgan fingerprint density at radius 3 is 2.52 bits per heavy atom. The molecule has 0 aliphatic carbocycles. The average molecular weight is 317 g/mol. The number of guanidine groups is 1. The highest BCUT2D eigenvalue weighted by Crippen LogP contribution is 2.04. The first-order valence-electron chi connectivity index (χ1n) is 8.30. The lowest BCUT2D eigenvalue weighted by molar-refractivity contribution is -0.130. The van der Waals surface area contributed by atoms with E-state index < -0.39 is 0 Å². The SMILES string of the molecule is CCNC(=NCCc1ccc(C)nc1)N1CCN(C(C)=O)CC1. The van der Waals surface area contributed by atoms with Crippen LogP contribution < -0.4 is 5.32 Å². The predicted molar refractivity (Wildman–Crippen MR) is 92.5 cm³/mol. The summed E-state index contributed by atoms with van der Waals surface area (Å²) in [5, 5.41) is 3.35. The molecule has 2 rings (SSSR count). The first-order valence-corrected chi connectivity index (χ1v) is 8.30. The fourth-order valence-electron chi connectivity index (χ4n) is 2.60. The van der Waals surface area contributed by atoms with E-state index in [2.05, 4.69) is 28.2 Å². The molecule has 1 saturated heterocycles. The van der Waals surface area contributed by atoms with E-state index in [1.165, 1.54) is 5.56 Å². The molecule has 0 bridgehead atoms. The van der Waals surface area contributed by atoms with Crippen LogP contribution in [0.2, 0.25) is 0 Å². The summed E-state index contributed by atoms with van der Waals surface area (Å²) in [6, 6.07) is 4.14. The number of hydrogen-bond donors (Lipinski definition) is 1. The van der Waals surface area contributed by atoms with E-state index in [9.17, 15) is 4.79 Å². The number of carbonyl (C=O) groups is 1. The Balaban J connectivity index is 1.89. The molecule has 0 saturated carbocycles. The maximum atomic E-state index is 11.4. The van der Waals surface area contributed by atoms with Gasteiger partial charge >= 0.3 is 0 Å². The van der Waals surface area contributed by atoms with Crippen molar-refractivity contribution in [2.24, 2.45) is 4.99 Å². The van der Waals surface area contributed by atoms with Gasteiger partial charge in [0.2, 0.25) is 5.91 Å². The van der Waals surface area contributed by atoms with Crippen molar-refractivity contribution in [3.63, 3.8) is 0 Å². The summed E-state index contributed by atoms with van der Waals surface area (Å²) < 4.78 is 0. The number of aryl methyl sites for hydroxylation is 1. The molecule has 126 valence electrons. The highest BCUT2D eigenvalue weighted by Gasteiger charge is 2.20. The lowest BCUT2D eigenvalue weighted by Gasteiger charge is -2.36. The summed E-state index contributed by atoms with van der Waals surface area (Å²) >= 11 is 0.